The second-order valence-corrected chi connectivity index (χ2v) is 7.57. The SMILES string of the molecule is CCNC(=NCC(C(C)C)N1CCCC1)NCCCOCC1CC1. The fraction of sp³-hybridized carbons (Fsp3) is 0.947. The molecule has 0 aromatic rings. The number of hydrogen-bond acceptors (Lipinski definition) is 3. The lowest BCUT2D eigenvalue weighted by atomic mass is 10.0. The number of nitrogens with zero attached hydrogens (tertiary/aromatic N) is 2. The van der Waals surface area contributed by atoms with Crippen molar-refractivity contribution in [3.05, 3.63) is 0 Å². The number of hydrogen-bond donors (Lipinski definition) is 2. The van der Waals surface area contributed by atoms with E-state index in [1.807, 2.05) is 0 Å². The zero-order valence-electron chi connectivity index (χ0n) is 16.0. The first-order valence-electron chi connectivity index (χ1n) is 10.0. The van der Waals surface area contributed by atoms with Crippen LogP contribution in [0.3, 0.4) is 0 Å². The highest BCUT2D eigenvalue weighted by Gasteiger charge is 2.24. The first-order chi connectivity index (χ1) is 11.7. The Bertz CT molecular complexity index is 362. The molecule has 0 aromatic heterocycles. The Kier molecular flexibility index (Phi) is 8.89. The van der Waals surface area contributed by atoms with Crippen molar-refractivity contribution in [1.82, 2.24) is 15.5 Å². The molecule has 1 aliphatic carbocycles. The van der Waals surface area contributed by atoms with Crippen molar-refractivity contribution in [2.75, 3.05) is 45.9 Å². The average Bonchev–Trinajstić information content (AvgIpc) is 3.23. The van der Waals surface area contributed by atoms with Gasteiger partial charge in [0.25, 0.3) is 0 Å². The lowest BCUT2D eigenvalue weighted by Gasteiger charge is -2.29. The summed E-state index contributed by atoms with van der Waals surface area (Å²) in [6.07, 6.45) is 6.45. The minimum Gasteiger partial charge on any atom is -0.381 e. The number of likely N-dealkylation sites (tertiary alicyclic amines) is 1. The van der Waals surface area contributed by atoms with Gasteiger partial charge in [-0.3, -0.25) is 9.89 Å². The Hall–Kier alpha value is -0.810. The first-order valence-corrected chi connectivity index (χ1v) is 10.0. The summed E-state index contributed by atoms with van der Waals surface area (Å²) in [5.74, 6) is 2.45. The summed E-state index contributed by atoms with van der Waals surface area (Å²) in [7, 11) is 0. The molecular weight excluding hydrogens is 300 g/mol. The van der Waals surface area contributed by atoms with Crippen molar-refractivity contribution in [3.8, 4) is 0 Å². The molecule has 1 saturated carbocycles. The predicted molar refractivity (Wildman–Crippen MR) is 102 cm³/mol. The second-order valence-electron chi connectivity index (χ2n) is 7.57. The molecule has 0 bridgehead atoms. The molecule has 2 aliphatic rings. The molecule has 0 aromatic carbocycles. The minimum absolute atomic E-state index is 0.560. The minimum atomic E-state index is 0.560. The molecule has 1 saturated heterocycles. The van der Waals surface area contributed by atoms with Crippen molar-refractivity contribution < 1.29 is 4.74 Å². The summed E-state index contributed by atoms with van der Waals surface area (Å²) >= 11 is 0. The summed E-state index contributed by atoms with van der Waals surface area (Å²) in [6.45, 7) is 13.7. The molecule has 140 valence electrons. The zero-order chi connectivity index (χ0) is 17.2. The Labute approximate surface area is 148 Å². The van der Waals surface area contributed by atoms with Crippen molar-refractivity contribution in [3.63, 3.8) is 0 Å². The van der Waals surface area contributed by atoms with Crippen LogP contribution in [0.2, 0.25) is 0 Å². The van der Waals surface area contributed by atoms with Crippen molar-refractivity contribution in [1.29, 1.82) is 0 Å². The third-order valence-corrected chi connectivity index (χ3v) is 4.97. The second kappa shape index (κ2) is 10.9. The van der Waals surface area contributed by atoms with Crippen LogP contribution in [-0.2, 0) is 4.74 Å². The van der Waals surface area contributed by atoms with E-state index in [4.69, 9.17) is 9.73 Å². The van der Waals surface area contributed by atoms with Gasteiger partial charge in [0, 0.05) is 32.3 Å². The third kappa shape index (κ3) is 7.39. The summed E-state index contributed by atoms with van der Waals surface area (Å²) < 4.78 is 5.69. The largest absolute Gasteiger partial charge is 0.381 e. The summed E-state index contributed by atoms with van der Waals surface area (Å²) in [5.41, 5.74) is 0. The number of guanidine groups is 1. The average molecular weight is 339 g/mol. The molecule has 2 N–H and O–H groups in total. The molecule has 1 heterocycles. The van der Waals surface area contributed by atoms with E-state index in [-0.39, 0.29) is 0 Å². The van der Waals surface area contributed by atoms with E-state index in [2.05, 4.69) is 36.3 Å². The molecule has 0 spiro atoms. The normalized spacial score (nSPS) is 20.6. The molecule has 0 amide bonds. The van der Waals surface area contributed by atoms with E-state index in [1.54, 1.807) is 0 Å². The molecule has 24 heavy (non-hydrogen) atoms. The first kappa shape index (κ1) is 19.5. The van der Waals surface area contributed by atoms with Gasteiger partial charge in [-0.15, -0.1) is 0 Å². The van der Waals surface area contributed by atoms with Gasteiger partial charge >= 0.3 is 0 Å². The number of rotatable bonds is 11. The van der Waals surface area contributed by atoms with E-state index in [1.165, 1.54) is 38.8 Å². The van der Waals surface area contributed by atoms with Gasteiger partial charge in [-0.2, -0.15) is 0 Å². The Morgan fingerprint density at radius 3 is 2.58 bits per heavy atom. The molecule has 2 rings (SSSR count). The highest BCUT2D eigenvalue weighted by molar-refractivity contribution is 5.79. The highest BCUT2D eigenvalue weighted by atomic mass is 16.5. The standard InChI is InChI=1S/C19H38N4O/c1-4-20-19(21-10-7-13-24-15-17-8-9-17)22-14-18(16(2)3)23-11-5-6-12-23/h16-18H,4-15H2,1-3H3,(H2,20,21,22). The Morgan fingerprint density at radius 2 is 1.96 bits per heavy atom. The van der Waals surface area contributed by atoms with E-state index >= 15 is 0 Å². The van der Waals surface area contributed by atoms with Gasteiger partial charge in [-0.25, -0.2) is 0 Å². The van der Waals surface area contributed by atoms with Crippen LogP contribution < -0.4 is 10.6 Å². The van der Waals surface area contributed by atoms with E-state index in [0.717, 1.165) is 51.1 Å². The van der Waals surface area contributed by atoms with E-state index in [9.17, 15) is 0 Å². The van der Waals surface area contributed by atoms with Crippen molar-refractivity contribution in [2.24, 2.45) is 16.8 Å². The van der Waals surface area contributed by atoms with E-state index < -0.39 is 0 Å². The molecule has 0 radical (unpaired) electrons. The molecule has 1 unspecified atom stereocenters. The van der Waals surface area contributed by atoms with Crippen LogP contribution in [0.1, 0.15) is 52.9 Å². The molecule has 1 aliphatic heterocycles. The smallest absolute Gasteiger partial charge is 0.191 e. The topological polar surface area (TPSA) is 48.9 Å². The van der Waals surface area contributed by atoms with Gasteiger partial charge < -0.3 is 15.4 Å². The third-order valence-electron chi connectivity index (χ3n) is 4.97. The maximum absolute atomic E-state index is 5.69. The van der Waals surface area contributed by atoms with Gasteiger partial charge in [0.15, 0.2) is 5.96 Å². The quantitative estimate of drug-likeness (QED) is 0.345. The highest BCUT2D eigenvalue weighted by Crippen LogP contribution is 2.28. The fourth-order valence-electron chi connectivity index (χ4n) is 3.26. The van der Waals surface area contributed by atoms with Gasteiger partial charge in [0.05, 0.1) is 6.54 Å². The maximum atomic E-state index is 5.69. The van der Waals surface area contributed by atoms with Crippen molar-refractivity contribution in [2.45, 2.75) is 58.9 Å². The van der Waals surface area contributed by atoms with Gasteiger partial charge in [0.1, 0.15) is 0 Å². The lowest BCUT2D eigenvalue weighted by molar-refractivity contribution is 0.123. The van der Waals surface area contributed by atoms with Crippen molar-refractivity contribution >= 4 is 5.96 Å². The molecule has 2 fully saturated rings. The van der Waals surface area contributed by atoms with Crippen LogP contribution in [-0.4, -0.2) is 62.8 Å². The number of ether oxygens (including phenoxy) is 1. The van der Waals surface area contributed by atoms with Crippen LogP contribution >= 0.6 is 0 Å². The number of aliphatic imine (C=N–C) groups is 1. The van der Waals surface area contributed by atoms with Gasteiger partial charge in [-0.1, -0.05) is 13.8 Å². The van der Waals surface area contributed by atoms with Crippen LogP contribution in [0.4, 0.5) is 0 Å². The molecule has 1 atom stereocenters. The monoisotopic (exact) mass is 338 g/mol. The van der Waals surface area contributed by atoms with Crippen LogP contribution in [0.25, 0.3) is 0 Å². The molecule has 5 nitrogen and oxygen atoms in total. The summed E-state index contributed by atoms with van der Waals surface area (Å²) in [5, 5.41) is 6.82. The summed E-state index contributed by atoms with van der Waals surface area (Å²) in [4.78, 5) is 7.46. The Balaban J connectivity index is 1.68. The molecule has 5 heteroatoms. The number of nitrogens with one attached hydrogen (secondary N) is 2. The van der Waals surface area contributed by atoms with Gasteiger partial charge in [-0.05, 0) is 64.0 Å². The zero-order valence-corrected chi connectivity index (χ0v) is 16.0. The fourth-order valence-corrected chi connectivity index (χ4v) is 3.26. The maximum Gasteiger partial charge on any atom is 0.191 e. The van der Waals surface area contributed by atoms with Crippen LogP contribution in [0.5, 0.6) is 0 Å². The predicted octanol–water partition coefficient (Wildman–Crippen LogP) is 2.48. The Morgan fingerprint density at radius 1 is 1.21 bits per heavy atom. The van der Waals surface area contributed by atoms with Crippen LogP contribution in [0, 0.1) is 11.8 Å². The van der Waals surface area contributed by atoms with Crippen LogP contribution in [0.15, 0.2) is 4.99 Å². The van der Waals surface area contributed by atoms with E-state index in [0.29, 0.717) is 12.0 Å². The summed E-state index contributed by atoms with van der Waals surface area (Å²) in [6, 6.07) is 0.560. The molecular formula is C19H38N4O. The lowest BCUT2D eigenvalue weighted by Crippen LogP contribution is -2.42. The van der Waals surface area contributed by atoms with Gasteiger partial charge in [0.2, 0.25) is 0 Å².